The molecule has 3 nitrogen and oxygen atoms in total. The summed E-state index contributed by atoms with van der Waals surface area (Å²) in [5.41, 5.74) is 1.89. The van der Waals surface area contributed by atoms with E-state index in [1.807, 2.05) is 0 Å². The summed E-state index contributed by atoms with van der Waals surface area (Å²) in [4.78, 5) is 15.5. The van der Waals surface area contributed by atoms with Gasteiger partial charge >= 0.3 is 5.97 Å². The van der Waals surface area contributed by atoms with Crippen molar-refractivity contribution in [1.29, 1.82) is 0 Å². The van der Waals surface area contributed by atoms with Crippen LogP contribution in [0.4, 0.5) is 0 Å². The van der Waals surface area contributed by atoms with Gasteiger partial charge in [-0.2, -0.15) is 0 Å². The molecule has 1 aliphatic rings. The van der Waals surface area contributed by atoms with Gasteiger partial charge < -0.3 is 5.11 Å². The number of hydrogen-bond donors (Lipinski definition) is 1. The summed E-state index contributed by atoms with van der Waals surface area (Å²) in [6.45, 7) is 0. The summed E-state index contributed by atoms with van der Waals surface area (Å²) in [6, 6.07) is 0. The van der Waals surface area contributed by atoms with Crippen LogP contribution in [-0.4, -0.2) is 16.1 Å². The maximum atomic E-state index is 10.7. The summed E-state index contributed by atoms with van der Waals surface area (Å²) in [5, 5.41) is 8.77. The fourth-order valence-corrected chi connectivity index (χ4v) is 2.33. The lowest BCUT2D eigenvalue weighted by atomic mass is 9.84. The Hall–Kier alpha value is -0.900. The van der Waals surface area contributed by atoms with Crippen LogP contribution in [0.15, 0.2) is 5.51 Å². The monoisotopic (exact) mass is 183 g/mol. The van der Waals surface area contributed by atoms with Crippen LogP contribution in [0, 0.1) is 0 Å². The van der Waals surface area contributed by atoms with Crippen LogP contribution in [0.3, 0.4) is 0 Å². The Morgan fingerprint density at radius 2 is 2.42 bits per heavy atom. The molecule has 0 bridgehead atoms. The van der Waals surface area contributed by atoms with Crippen molar-refractivity contribution >= 4 is 17.3 Å². The van der Waals surface area contributed by atoms with Crippen molar-refractivity contribution in [2.75, 3.05) is 0 Å². The first kappa shape index (κ1) is 7.73. The molecule has 64 valence electrons. The molecular weight excluding hydrogens is 174 g/mol. The molecule has 1 aromatic heterocycles. The maximum absolute atomic E-state index is 10.7. The standard InChI is InChI=1S/C8H9NO2S/c10-8(11)6-7(12-4-9-6)5-2-1-3-5/h4-5H,1-3H2,(H,10,11). The molecule has 4 heteroatoms. The molecule has 0 spiro atoms. The largest absolute Gasteiger partial charge is 0.476 e. The van der Waals surface area contributed by atoms with E-state index in [0.29, 0.717) is 5.92 Å². The molecule has 1 saturated carbocycles. The predicted octanol–water partition coefficient (Wildman–Crippen LogP) is 2.11. The van der Waals surface area contributed by atoms with E-state index >= 15 is 0 Å². The Morgan fingerprint density at radius 3 is 2.92 bits per heavy atom. The molecule has 0 atom stereocenters. The van der Waals surface area contributed by atoms with Gasteiger partial charge in [0.2, 0.25) is 0 Å². The first-order valence-electron chi connectivity index (χ1n) is 3.95. The van der Waals surface area contributed by atoms with E-state index in [2.05, 4.69) is 4.98 Å². The average Bonchev–Trinajstić information content (AvgIpc) is 2.31. The molecule has 1 aliphatic carbocycles. The van der Waals surface area contributed by atoms with Gasteiger partial charge in [-0.05, 0) is 18.8 Å². The van der Waals surface area contributed by atoms with Gasteiger partial charge in [0, 0.05) is 4.88 Å². The zero-order valence-corrected chi connectivity index (χ0v) is 7.30. The maximum Gasteiger partial charge on any atom is 0.355 e. The zero-order chi connectivity index (χ0) is 8.55. The molecule has 1 N–H and O–H groups in total. The smallest absolute Gasteiger partial charge is 0.355 e. The lowest BCUT2D eigenvalue weighted by Crippen LogP contribution is -2.11. The normalized spacial score (nSPS) is 17.3. The van der Waals surface area contributed by atoms with Crippen molar-refractivity contribution in [2.45, 2.75) is 25.2 Å². The zero-order valence-electron chi connectivity index (χ0n) is 6.49. The average molecular weight is 183 g/mol. The molecule has 0 unspecified atom stereocenters. The molecule has 1 aromatic rings. The second-order valence-corrected chi connectivity index (χ2v) is 3.88. The van der Waals surface area contributed by atoms with Crippen molar-refractivity contribution in [3.05, 3.63) is 16.1 Å². The van der Waals surface area contributed by atoms with Gasteiger partial charge in [-0.1, -0.05) is 6.42 Å². The van der Waals surface area contributed by atoms with Crippen molar-refractivity contribution in [3.63, 3.8) is 0 Å². The molecule has 1 fully saturated rings. The Morgan fingerprint density at radius 1 is 1.67 bits per heavy atom. The van der Waals surface area contributed by atoms with E-state index in [4.69, 9.17) is 5.11 Å². The number of rotatable bonds is 2. The molecule has 0 aliphatic heterocycles. The van der Waals surface area contributed by atoms with Crippen LogP contribution < -0.4 is 0 Å². The highest BCUT2D eigenvalue weighted by molar-refractivity contribution is 7.10. The van der Waals surface area contributed by atoms with Crippen LogP contribution in [-0.2, 0) is 0 Å². The van der Waals surface area contributed by atoms with Crippen molar-refractivity contribution in [1.82, 2.24) is 4.98 Å². The third-order valence-electron chi connectivity index (χ3n) is 2.27. The molecular formula is C8H9NO2S. The minimum atomic E-state index is -0.891. The number of thiazole rings is 1. The quantitative estimate of drug-likeness (QED) is 0.763. The van der Waals surface area contributed by atoms with Gasteiger partial charge in [0.25, 0.3) is 0 Å². The highest BCUT2D eigenvalue weighted by Gasteiger charge is 2.26. The summed E-state index contributed by atoms with van der Waals surface area (Å²) >= 11 is 1.47. The van der Waals surface area contributed by atoms with E-state index < -0.39 is 5.97 Å². The summed E-state index contributed by atoms with van der Waals surface area (Å²) in [7, 11) is 0. The van der Waals surface area contributed by atoms with Crippen molar-refractivity contribution in [2.24, 2.45) is 0 Å². The van der Waals surface area contributed by atoms with Crippen LogP contribution in [0.2, 0.25) is 0 Å². The Balaban J connectivity index is 2.29. The topological polar surface area (TPSA) is 50.2 Å². The molecule has 2 rings (SSSR count). The number of hydrogen-bond acceptors (Lipinski definition) is 3. The number of carboxylic acid groups (broad SMARTS) is 1. The SMILES string of the molecule is O=C(O)c1ncsc1C1CCC1. The number of aromatic nitrogens is 1. The molecule has 1 heterocycles. The predicted molar refractivity (Wildman–Crippen MR) is 45.7 cm³/mol. The minimum absolute atomic E-state index is 0.268. The molecule has 0 aromatic carbocycles. The fraction of sp³-hybridized carbons (Fsp3) is 0.500. The number of carboxylic acids is 1. The van der Waals surface area contributed by atoms with Gasteiger partial charge in [-0.25, -0.2) is 9.78 Å². The van der Waals surface area contributed by atoms with Gasteiger partial charge in [-0.3, -0.25) is 0 Å². The third kappa shape index (κ3) is 1.12. The molecule has 12 heavy (non-hydrogen) atoms. The molecule has 0 radical (unpaired) electrons. The van der Waals surface area contributed by atoms with Crippen LogP contribution in [0.5, 0.6) is 0 Å². The fourth-order valence-electron chi connectivity index (χ4n) is 1.38. The van der Waals surface area contributed by atoms with E-state index in [1.54, 1.807) is 5.51 Å². The lowest BCUT2D eigenvalue weighted by molar-refractivity contribution is 0.0689. The summed E-state index contributed by atoms with van der Waals surface area (Å²) < 4.78 is 0. The number of carbonyl (C=O) groups is 1. The third-order valence-corrected chi connectivity index (χ3v) is 3.26. The first-order valence-corrected chi connectivity index (χ1v) is 4.83. The van der Waals surface area contributed by atoms with Gasteiger partial charge in [-0.15, -0.1) is 11.3 Å². The molecule has 0 saturated heterocycles. The Bertz CT molecular complexity index is 304. The Kier molecular flexibility index (Phi) is 1.84. The Labute approximate surface area is 74.1 Å². The van der Waals surface area contributed by atoms with Gasteiger partial charge in [0.1, 0.15) is 0 Å². The minimum Gasteiger partial charge on any atom is -0.476 e. The highest BCUT2D eigenvalue weighted by Crippen LogP contribution is 2.39. The van der Waals surface area contributed by atoms with Crippen molar-refractivity contribution < 1.29 is 9.90 Å². The molecule has 0 amide bonds. The second-order valence-electron chi connectivity index (χ2n) is 3.00. The van der Waals surface area contributed by atoms with Crippen LogP contribution >= 0.6 is 11.3 Å². The van der Waals surface area contributed by atoms with Crippen LogP contribution in [0.25, 0.3) is 0 Å². The second kappa shape index (κ2) is 2.86. The summed E-state index contributed by atoms with van der Waals surface area (Å²) in [6.07, 6.45) is 3.48. The van der Waals surface area contributed by atoms with E-state index in [0.717, 1.165) is 17.7 Å². The van der Waals surface area contributed by atoms with Gasteiger partial charge in [0.05, 0.1) is 5.51 Å². The number of nitrogens with zero attached hydrogens (tertiary/aromatic N) is 1. The van der Waals surface area contributed by atoms with Crippen molar-refractivity contribution in [3.8, 4) is 0 Å². The van der Waals surface area contributed by atoms with E-state index in [-0.39, 0.29) is 5.69 Å². The number of aromatic carboxylic acids is 1. The van der Waals surface area contributed by atoms with E-state index in [9.17, 15) is 4.79 Å². The summed E-state index contributed by atoms with van der Waals surface area (Å²) in [5.74, 6) is -0.415. The highest BCUT2D eigenvalue weighted by atomic mass is 32.1. The van der Waals surface area contributed by atoms with Crippen LogP contribution in [0.1, 0.15) is 40.5 Å². The van der Waals surface area contributed by atoms with E-state index in [1.165, 1.54) is 17.8 Å². The first-order chi connectivity index (χ1) is 5.79. The van der Waals surface area contributed by atoms with Gasteiger partial charge in [0.15, 0.2) is 5.69 Å². The lowest BCUT2D eigenvalue weighted by Gasteiger charge is -2.23.